The zero-order valence-electron chi connectivity index (χ0n) is 14.4. The molecule has 0 unspecified atom stereocenters. The lowest BCUT2D eigenvalue weighted by Crippen LogP contribution is -2.08. The number of hydrogen-bond acceptors (Lipinski definition) is 7. The first-order valence-corrected chi connectivity index (χ1v) is 8.67. The fourth-order valence-corrected chi connectivity index (χ4v) is 3.31. The van der Waals surface area contributed by atoms with Crippen molar-refractivity contribution in [3.8, 4) is 22.6 Å². The first-order valence-electron chi connectivity index (χ1n) is 7.79. The molecule has 26 heavy (non-hydrogen) atoms. The van der Waals surface area contributed by atoms with Gasteiger partial charge in [0.25, 0.3) is 0 Å². The summed E-state index contributed by atoms with van der Waals surface area (Å²) in [4.78, 5) is 16.5. The first-order chi connectivity index (χ1) is 12.6. The van der Waals surface area contributed by atoms with Crippen molar-refractivity contribution in [2.24, 2.45) is 0 Å². The molecule has 2 N–H and O–H groups in total. The monoisotopic (exact) mass is 370 g/mol. The van der Waals surface area contributed by atoms with Gasteiger partial charge in [-0.3, -0.25) is 4.98 Å². The van der Waals surface area contributed by atoms with E-state index < -0.39 is 5.97 Å². The van der Waals surface area contributed by atoms with Gasteiger partial charge in [0.2, 0.25) is 0 Å². The van der Waals surface area contributed by atoms with Gasteiger partial charge in [-0.05, 0) is 35.4 Å². The lowest BCUT2D eigenvalue weighted by Gasteiger charge is -2.11. The van der Waals surface area contributed by atoms with E-state index in [1.54, 1.807) is 50.9 Å². The number of methoxy groups -OCH3 is 2. The lowest BCUT2D eigenvalue weighted by molar-refractivity contribution is 0.0475. The number of rotatable bonds is 6. The Kier molecular flexibility index (Phi) is 5.38. The molecule has 134 valence electrons. The van der Waals surface area contributed by atoms with Crippen molar-refractivity contribution in [2.75, 3.05) is 20.0 Å². The molecule has 7 heteroatoms. The standard InChI is InChI=1S/C19H18N2O4S/c1-23-15-4-3-13(9-16(15)24-2)14-11-26-18(20)17(14)19(22)25-10-12-5-7-21-8-6-12/h3-9,11H,10,20H2,1-2H3. The molecule has 0 aliphatic rings. The highest BCUT2D eigenvalue weighted by Crippen LogP contribution is 2.38. The number of benzene rings is 1. The van der Waals surface area contributed by atoms with Crippen LogP contribution in [0.3, 0.4) is 0 Å². The molecule has 0 amide bonds. The summed E-state index contributed by atoms with van der Waals surface area (Å²) in [6, 6.07) is 9.02. The van der Waals surface area contributed by atoms with Gasteiger partial charge in [-0.25, -0.2) is 4.79 Å². The van der Waals surface area contributed by atoms with Crippen LogP contribution in [-0.4, -0.2) is 25.2 Å². The molecule has 2 aromatic heterocycles. The number of carbonyl (C=O) groups is 1. The summed E-state index contributed by atoms with van der Waals surface area (Å²) in [6.45, 7) is 0.155. The molecule has 0 bridgehead atoms. The summed E-state index contributed by atoms with van der Waals surface area (Å²) in [5.41, 5.74) is 8.74. The van der Waals surface area contributed by atoms with Gasteiger partial charge in [-0.15, -0.1) is 11.3 Å². The maximum atomic E-state index is 12.6. The smallest absolute Gasteiger partial charge is 0.342 e. The van der Waals surface area contributed by atoms with E-state index >= 15 is 0 Å². The fraction of sp³-hybridized carbons (Fsp3) is 0.158. The molecule has 0 saturated carbocycles. The normalized spacial score (nSPS) is 10.4. The van der Waals surface area contributed by atoms with Gasteiger partial charge in [0.15, 0.2) is 11.5 Å². The van der Waals surface area contributed by atoms with E-state index in [1.807, 2.05) is 11.4 Å². The number of carbonyl (C=O) groups excluding carboxylic acids is 1. The van der Waals surface area contributed by atoms with E-state index in [-0.39, 0.29) is 6.61 Å². The van der Waals surface area contributed by atoms with Gasteiger partial charge < -0.3 is 19.9 Å². The Morgan fingerprint density at radius 3 is 2.54 bits per heavy atom. The molecule has 0 aliphatic heterocycles. The number of hydrogen-bond donors (Lipinski definition) is 1. The van der Waals surface area contributed by atoms with Gasteiger partial charge in [0.05, 0.1) is 14.2 Å². The topological polar surface area (TPSA) is 83.7 Å². The Morgan fingerprint density at radius 2 is 1.85 bits per heavy atom. The largest absolute Gasteiger partial charge is 0.493 e. The zero-order chi connectivity index (χ0) is 18.5. The third-order valence-corrected chi connectivity index (χ3v) is 4.65. The van der Waals surface area contributed by atoms with E-state index in [4.69, 9.17) is 19.9 Å². The van der Waals surface area contributed by atoms with Gasteiger partial charge in [-0.1, -0.05) is 6.07 Å². The summed E-state index contributed by atoms with van der Waals surface area (Å²) in [7, 11) is 3.13. The molecule has 3 aromatic rings. The third kappa shape index (κ3) is 3.62. The van der Waals surface area contributed by atoms with Crippen LogP contribution in [0.1, 0.15) is 15.9 Å². The van der Waals surface area contributed by atoms with Crippen LogP contribution in [0.4, 0.5) is 5.00 Å². The van der Waals surface area contributed by atoms with Crippen LogP contribution in [0.5, 0.6) is 11.5 Å². The minimum atomic E-state index is -0.467. The number of nitrogens with zero attached hydrogens (tertiary/aromatic N) is 1. The molecule has 0 aliphatic carbocycles. The lowest BCUT2D eigenvalue weighted by atomic mass is 10.0. The Bertz CT molecular complexity index is 909. The Labute approximate surface area is 155 Å². The van der Waals surface area contributed by atoms with Crippen LogP contribution < -0.4 is 15.2 Å². The van der Waals surface area contributed by atoms with E-state index in [9.17, 15) is 4.79 Å². The molecule has 0 spiro atoms. The van der Waals surface area contributed by atoms with Gasteiger partial charge in [0, 0.05) is 23.3 Å². The van der Waals surface area contributed by atoms with Crippen LogP contribution >= 0.6 is 11.3 Å². The Morgan fingerprint density at radius 1 is 1.12 bits per heavy atom. The molecule has 2 heterocycles. The minimum absolute atomic E-state index is 0.155. The number of pyridine rings is 1. The number of nitrogen functional groups attached to an aromatic ring is 1. The average Bonchev–Trinajstić information content (AvgIpc) is 3.07. The van der Waals surface area contributed by atoms with Crippen LogP contribution in [-0.2, 0) is 11.3 Å². The molecular formula is C19H18N2O4S. The van der Waals surface area contributed by atoms with Crippen LogP contribution in [0.25, 0.3) is 11.1 Å². The predicted octanol–water partition coefficient (Wildman–Crippen LogP) is 3.77. The third-order valence-electron chi connectivity index (χ3n) is 3.84. The molecule has 0 fully saturated rings. The van der Waals surface area contributed by atoms with Crippen molar-refractivity contribution in [2.45, 2.75) is 6.61 Å². The summed E-state index contributed by atoms with van der Waals surface area (Å²) >= 11 is 1.29. The summed E-state index contributed by atoms with van der Waals surface area (Å²) in [5, 5.41) is 2.24. The van der Waals surface area contributed by atoms with E-state index in [0.29, 0.717) is 27.6 Å². The molecule has 0 atom stereocenters. The van der Waals surface area contributed by atoms with E-state index in [2.05, 4.69) is 4.98 Å². The van der Waals surface area contributed by atoms with Gasteiger partial charge in [0.1, 0.15) is 17.2 Å². The van der Waals surface area contributed by atoms with Crippen molar-refractivity contribution in [1.82, 2.24) is 4.98 Å². The Hall–Kier alpha value is -3.06. The zero-order valence-corrected chi connectivity index (χ0v) is 15.2. The maximum Gasteiger partial charge on any atom is 0.342 e. The molecule has 0 saturated heterocycles. The van der Waals surface area contributed by atoms with Crippen molar-refractivity contribution < 1.29 is 19.0 Å². The number of ether oxygens (including phenoxy) is 3. The minimum Gasteiger partial charge on any atom is -0.493 e. The van der Waals surface area contributed by atoms with Crippen molar-refractivity contribution in [3.63, 3.8) is 0 Å². The second-order valence-corrected chi connectivity index (χ2v) is 6.30. The highest BCUT2D eigenvalue weighted by atomic mass is 32.1. The SMILES string of the molecule is COc1ccc(-c2csc(N)c2C(=O)OCc2ccncc2)cc1OC. The second kappa shape index (κ2) is 7.88. The summed E-state index contributed by atoms with van der Waals surface area (Å²) in [5.74, 6) is 0.720. The van der Waals surface area contributed by atoms with Crippen LogP contribution in [0.2, 0.25) is 0 Å². The molecule has 0 radical (unpaired) electrons. The van der Waals surface area contributed by atoms with E-state index in [0.717, 1.165) is 11.1 Å². The number of anilines is 1. The maximum absolute atomic E-state index is 12.6. The van der Waals surface area contributed by atoms with Gasteiger partial charge >= 0.3 is 5.97 Å². The summed E-state index contributed by atoms with van der Waals surface area (Å²) < 4.78 is 16.0. The fourth-order valence-electron chi connectivity index (χ4n) is 2.50. The molecule has 6 nitrogen and oxygen atoms in total. The molecule has 3 rings (SSSR count). The van der Waals surface area contributed by atoms with Crippen molar-refractivity contribution in [1.29, 1.82) is 0 Å². The number of nitrogens with two attached hydrogens (primary N) is 1. The van der Waals surface area contributed by atoms with Crippen LogP contribution in [0, 0.1) is 0 Å². The molecule has 1 aromatic carbocycles. The average molecular weight is 370 g/mol. The highest BCUT2D eigenvalue weighted by molar-refractivity contribution is 7.14. The Balaban J connectivity index is 1.88. The number of aromatic nitrogens is 1. The first kappa shape index (κ1) is 17.8. The van der Waals surface area contributed by atoms with E-state index in [1.165, 1.54) is 11.3 Å². The van der Waals surface area contributed by atoms with Crippen molar-refractivity contribution in [3.05, 3.63) is 59.2 Å². The number of thiophene rings is 1. The number of esters is 1. The van der Waals surface area contributed by atoms with Crippen LogP contribution in [0.15, 0.2) is 48.1 Å². The second-order valence-electron chi connectivity index (χ2n) is 5.39. The highest BCUT2D eigenvalue weighted by Gasteiger charge is 2.21. The van der Waals surface area contributed by atoms with Crippen molar-refractivity contribution >= 4 is 22.3 Å². The summed E-state index contributed by atoms with van der Waals surface area (Å²) in [6.07, 6.45) is 3.30. The van der Waals surface area contributed by atoms with Gasteiger partial charge in [-0.2, -0.15) is 0 Å². The predicted molar refractivity (Wildman–Crippen MR) is 101 cm³/mol. The molecular weight excluding hydrogens is 352 g/mol. The quantitative estimate of drug-likeness (QED) is 0.665.